The summed E-state index contributed by atoms with van der Waals surface area (Å²) in [5, 5.41) is 5.87. The molecule has 0 aliphatic heterocycles. The lowest BCUT2D eigenvalue weighted by molar-refractivity contribution is 0.0904. The highest BCUT2D eigenvalue weighted by atomic mass is 35.5. The lowest BCUT2D eigenvalue weighted by Crippen LogP contribution is -2.39. The van der Waals surface area contributed by atoms with E-state index in [4.69, 9.17) is 5.73 Å². The minimum absolute atomic E-state index is 0. The van der Waals surface area contributed by atoms with Crippen molar-refractivity contribution in [3.05, 3.63) is 16.1 Å². The average Bonchev–Trinajstić information content (AvgIpc) is 2.81. The number of carbonyl (C=O) groups excluding carboxylic acids is 1. The third-order valence-electron chi connectivity index (χ3n) is 3.82. The molecule has 0 atom stereocenters. The summed E-state index contributed by atoms with van der Waals surface area (Å²) in [5.74, 6) is -0.0378. The summed E-state index contributed by atoms with van der Waals surface area (Å²) in [6.07, 6.45) is 5.23. The van der Waals surface area contributed by atoms with E-state index in [1.54, 1.807) is 0 Å². The summed E-state index contributed by atoms with van der Waals surface area (Å²) in [5.41, 5.74) is 6.45. The molecule has 0 unspecified atom stereocenters. The van der Waals surface area contributed by atoms with E-state index in [9.17, 15) is 4.79 Å². The van der Waals surface area contributed by atoms with E-state index in [2.05, 4.69) is 24.1 Å². The van der Waals surface area contributed by atoms with Gasteiger partial charge < -0.3 is 11.1 Å². The summed E-state index contributed by atoms with van der Waals surface area (Å²) in [7, 11) is 0. The summed E-state index contributed by atoms with van der Waals surface area (Å²) < 4.78 is 0. The van der Waals surface area contributed by atoms with Crippen LogP contribution in [0.1, 0.15) is 55.0 Å². The molecule has 4 nitrogen and oxygen atoms in total. The summed E-state index contributed by atoms with van der Waals surface area (Å²) in [6, 6.07) is 0.306. The SMILES string of the molecule is CC1(C)CCC(NC(=O)c2csc(CCN)n2)CC1.Cl. The average molecular weight is 318 g/mol. The molecule has 0 spiro atoms. The Morgan fingerprint density at radius 3 is 2.75 bits per heavy atom. The molecule has 1 aromatic rings. The van der Waals surface area contributed by atoms with E-state index in [0.29, 0.717) is 23.7 Å². The number of carbonyl (C=O) groups is 1. The first-order valence-corrected chi connectivity index (χ1v) is 7.83. The van der Waals surface area contributed by atoms with Gasteiger partial charge in [0, 0.05) is 17.8 Å². The van der Waals surface area contributed by atoms with Gasteiger partial charge in [-0.1, -0.05) is 13.8 Å². The van der Waals surface area contributed by atoms with Crippen LogP contribution in [0.5, 0.6) is 0 Å². The van der Waals surface area contributed by atoms with E-state index in [0.717, 1.165) is 24.3 Å². The van der Waals surface area contributed by atoms with Gasteiger partial charge in [0.15, 0.2) is 0 Å². The van der Waals surface area contributed by atoms with Crippen LogP contribution in [-0.2, 0) is 6.42 Å². The van der Waals surface area contributed by atoms with Crippen LogP contribution in [0.2, 0.25) is 0 Å². The molecule has 1 aliphatic rings. The largest absolute Gasteiger partial charge is 0.348 e. The van der Waals surface area contributed by atoms with Crippen LogP contribution in [0.4, 0.5) is 0 Å². The molecule has 6 heteroatoms. The van der Waals surface area contributed by atoms with Crippen molar-refractivity contribution in [2.75, 3.05) is 6.54 Å². The minimum Gasteiger partial charge on any atom is -0.348 e. The van der Waals surface area contributed by atoms with Crippen LogP contribution in [0, 0.1) is 5.41 Å². The van der Waals surface area contributed by atoms with Crippen LogP contribution in [0.25, 0.3) is 0 Å². The summed E-state index contributed by atoms with van der Waals surface area (Å²) in [6.45, 7) is 5.17. The standard InChI is InChI=1S/C14H23N3OS.ClH/c1-14(2)6-3-10(4-7-14)16-13(18)11-9-19-12(17-11)5-8-15;/h9-10H,3-8,15H2,1-2H3,(H,16,18);1H. The van der Waals surface area contributed by atoms with Gasteiger partial charge in [0.2, 0.25) is 0 Å². The molecule has 2 rings (SSSR count). The maximum Gasteiger partial charge on any atom is 0.270 e. The van der Waals surface area contributed by atoms with Gasteiger partial charge >= 0.3 is 0 Å². The van der Waals surface area contributed by atoms with Gasteiger partial charge in [0.05, 0.1) is 5.01 Å². The van der Waals surface area contributed by atoms with Crippen molar-refractivity contribution in [2.24, 2.45) is 11.1 Å². The van der Waals surface area contributed by atoms with Crippen LogP contribution in [0.3, 0.4) is 0 Å². The number of hydrogen-bond acceptors (Lipinski definition) is 4. The zero-order valence-corrected chi connectivity index (χ0v) is 13.8. The zero-order chi connectivity index (χ0) is 13.9. The topological polar surface area (TPSA) is 68.0 Å². The monoisotopic (exact) mass is 317 g/mol. The van der Waals surface area contributed by atoms with Gasteiger partial charge in [-0.05, 0) is 37.6 Å². The van der Waals surface area contributed by atoms with Crippen LogP contribution >= 0.6 is 23.7 Å². The number of thiazole rings is 1. The fourth-order valence-electron chi connectivity index (χ4n) is 2.46. The predicted molar refractivity (Wildman–Crippen MR) is 85.6 cm³/mol. The number of hydrogen-bond donors (Lipinski definition) is 2. The lowest BCUT2D eigenvalue weighted by Gasteiger charge is -2.34. The van der Waals surface area contributed by atoms with Crippen LogP contribution < -0.4 is 11.1 Å². The number of amides is 1. The number of halogens is 1. The normalized spacial score (nSPS) is 18.4. The van der Waals surface area contributed by atoms with E-state index in [1.165, 1.54) is 24.2 Å². The molecule has 1 amide bonds. The van der Waals surface area contributed by atoms with Crippen molar-refractivity contribution in [1.82, 2.24) is 10.3 Å². The highest BCUT2D eigenvalue weighted by Gasteiger charge is 2.28. The Bertz CT molecular complexity index is 437. The Morgan fingerprint density at radius 2 is 2.15 bits per heavy atom. The number of aromatic nitrogens is 1. The number of nitrogens with two attached hydrogens (primary N) is 1. The molecule has 1 heterocycles. The molecular formula is C14H24ClN3OS. The van der Waals surface area contributed by atoms with Crippen LogP contribution in [-0.4, -0.2) is 23.5 Å². The first-order valence-electron chi connectivity index (χ1n) is 6.95. The molecule has 1 aromatic heterocycles. The highest BCUT2D eigenvalue weighted by molar-refractivity contribution is 7.09. The third-order valence-corrected chi connectivity index (χ3v) is 4.73. The van der Waals surface area contributed by atoms with Crippen molar-refractivity contribution >= 4 is 29.7 Å². The molecule has 0 saturated heterocycles. The van der Waals surface area contributed by atoms with Gasteiger partial charge in [-0.25, -0.2) is 4.98 Å². The third kappa shape index (κ3) is 4.72. The molecule has 0 radical (unpaired) electrons. The van der Waals surface area contributed by atoms with Gasteiger partial charge in [0.25, 0.3) is 5.91 Å². The quantitative estimate of drug-likeness (QED) is 0.897. The molecule has 3 N–H and O–H groups in total. The molecule has 1 saturated carbocycles. The Kier molecular flexibility index (Phi) is 6.43. The Hall–Kier alpha value is -0.650. The predicted octanol–water partition coefficient (Wildman–Crippen LogP) is 2.76. The maximum absolute atomic E-state index is 12.1. The van der Waals surface area contributed by atoms with Crippen molar-refractivity contribution in [3.8, 4) is 0 Å². The molecule has 1 aliphatic carbocycles. The van der Waals surface area contributed by atoms with Crippen molar-refractivity contribution in [1.29, 1.82) is 0 Å². The number of nitrogens with one attached hydrogen (secondary N) is 1. The van der Waals surface area contributed by atoms with E-state index in [-0.39, 0.29) is 18.3 Å². The smallest absolute Gasteiger partial charge is 0.270 e. The second kappa shape index (κ2) is 7.38. The minimum atomic E-state index is -0.0378. The van der Waals surface area contributed by atoms with Crippen LogP contribution in [0.15, 0.2) is 5.38 Å². The van der Waals surface area contributed by atoms with E-state index < -0.39 is 0 Å². The summed E-state index contributed by atoms with van der Waals surface area (Å²) >= 11 is 1.51. The fourth-order valence-corrected chi connectivity index (χ4v) is 3.25. The molecular weight excluding hydrogens is 294 g/mol. The molecule has 0 aromatic carbocycles. The molecule has 20 heavy (non-hydrogen) atoms. The van der Waals surface area contributed by atoms with Gasteiger partial charge in [-0.3, -0.25) is 4.79 Å². The van der Waals surface area contributed by atoms with E-state index in [1.807, 2.05) is 5.38 Å². The lowest BCUT2D eigenvalue weighted by atomic mass is 9.75. The Balaban J connectivity index is 0.00000200. The first-order chi connectivity index (χ1) is 9.00. The van der Waals surface area contributed by atoms with E-state index >= 15 is 0 Å². The number of nitrogens with zero attached hydrogens (tertiary/aromatic N) is 1. The Morgan fingerprint density at radius 1 is 1.50 bits per heavy atom. The molecule has 0 bridgehead atoms. The fraction of sp³-hybridized carbons (Fsp3) is 0.714. The second-order valence-electron chi connectivity index (χ2n) is 6.08. The number of rotatable bonds is 4. The van der Waals surface area contributed by atoms with Crippen molar-refractivity contribution in [3.63, 3.8) is 0 Å². The first kappa shape index (κ1) is 17.4. The highest BCUT2D eigenvalue weighted by Crippen LogP contribution is 2.35. The van der Waals surface area contributed by atoms with Gasteiger partial charge in [0.1, 0.15) is 5.69 Å². The zero-order valence-electron chi connectivity index (χ0n) is 12.1. The van der Waals surface area contributed by atoms with Gasteiger partial charge in [-0.15, -0.1) is 23.7 Å². The Labute approximate surface area is 131 Å². The summed E-state index contributed by atoms with van der Waals surface area (Å²) in [4.78, 5) is 16.4. The van der Waals surface area contributed by atoms with Gasteiger partial charge in [-0.2, -0.15) is 0 Å². The maximum atomic E-state index is 12.1. The van der Waals surface area contributed by atoms with Crippen molar-refractivity contribution < 1.29 is 4.79 Å². The molecule has 114 valence electrons. The molecule has 1 fully saturated rings. The van der Waals surface area contributed by atoms with Crippen molar-refractivity contribution in [2.45, 2.75) is 52.0 Å². The second-order valence-corrected chi connectivity index (χ2v) is 7.02.